The van der Waals surface area contributed by atoms with Crippen LogP contribution in [-0.4, -0.2) is 28.9 Å². The summed E-state index contributed by atoms with van der Waals surface area (Å²) in [5.41, 5.74) is 0.294. The van der Waals surface area contributed by atoms with Gasteiger partial charge >= 0.3 is 12.1 Å². The number of thiophene rings is 1. The maximum Gasteiger partial charge on any atom is 0.471 e. The molecule has 1 heterocycles. The number of halogens is 4. The first-order valence-electron chi connectivity index (χ1n) is 10.1. The molecule has 1 N–H and O–H groups in total. The predicted octanol–water partition coefficient (Wildman–Crippen LogP) is 5.28. The van der Waals surface area contributed by atoms with Gasteiger partial charge in [-0.25, -0.2) is 4.39 Å². The quantitative estimate of drug-likeness (QED) is 0.602. The Hall–Kier alpha value is -2.42. The highest BCUT2D eigenvalue weighted by Gasteiger charge is 2.47. The minimum Gasteiger partial charge on any atom is -0.351 e. The second-order valence-electron chi connectivity index (χ2n) is 7.75. The molecular formula is C22H24F4N2O2S. The van der Waals surface area contributed by atoms with Crippen molar-refractivity contribution in [3.05, 3.63) is 57.5 Å². The van der Waals surface area contributed by atoms with Gasteiger partial charge in [-0.3, -0.25) is 9.59 Å². The van der Waals surface area contributed by atoms with Gasteiger partial charge in [-0.2, -0.15) is 13.2 Å². The third-order valence-corrected chi connectivity index (χ3v) is 6.36. The Morgan fingerprint density at radius 1 is 1.10 bits per heavy atom. The third-order valence-electron chi connectivity index (χ3n) is 5.31. The Morgan fingerprint density at radius 3 is 2.29 bits per heavy atom. The Morgan fingerprint density at radius 2 is 1.74 bits per heavy atom. The van der Waals surface area contributed by atoms with Gasteiger partial charge in [0.1, 0.15) is 11.9 Å². The standard InChI is InChI=1S/C22H24F4N2O2S/c1-14-7-12-18(31-14)19(20(29)27-17-5-3-2-4-6-17)28(21(30)22(24,25)26)13-15-8-10-16(23)11-9-15/h7-12,17,19H,2-6,13H2,1H3,(H,27,29). The monoisotopic (exact) mass is 456 g/mol. The summed E-state index contributed by atoms with van der Waals surface area (Å²) < 4.78 is 53.7. The van der Waals surface area contributed by atoms with E-state index in [9.17, 15) is 27.2 Å². The molecule has 1 aliphatic carbocycles. The molecule has 1 atom stereocenters. The molecule has 2 amide bonds. The lowest BCUT2D eigenvalue weighted by Gasteiger charge is -2.33. The second-order valence-corrected chi connectivity index (χ2v) is 9.07. The van der Waals surface area contributed by atoms with E-state index < -0.39 is 36.4 Å². The van der Waals surface area contributed by atoms with Gasteiger partial charge in [-0.05, 0) is 49.6 Å². The van der Waals surface area contributed by atoms with Crippen LogP contribution >= 0.6 is 11.3 Å². The molecular weight excluding hydrogens is 432 g/mol. The second kappa shape index (κ2) is 9.80. The van der Waals surface area contributed by atoms with Crippen LogP contribution in [0.4, 0.5) is 17.6 Å². The number of rotatable bonds is 6. The highest BCUT2D eigenvalue weighted by molar-refractivity contribution is 7.12. The van der Waals surface area contributed by atoms with Crippen molar-refractivity contribution < 1.29 is 27.2 Å². The van der Waals surface area contributed by atoms with E-state index in [1.807, 2.05) is 0 Å². The SMILES string of the molecule is Cc1ccc(C(C(=O)NC2CCCCC2)N(Cc2ccc(F)cc2)C(=O)C(F)(F)F)s1. The zero-order valence-electron chi connectivity index (χ0n) is 17.0. The molecule has 0 radical (unpaired) electrons. The molecule has 1 saturated carbocycles. The van der Waals surface area contributed by atoms with E-state index in [4.69, 9.17) is 0 Å². The molecule has 168 valence electrons. The Balaban J connectivity index is 1.97. The number of nitrogens with one attached hydrogen (secondary N) is 1. The molecule has 3 rings (SSSR count). The average molecular weight is 457 g/mol. The average Bonchev–Trinajstić information content (AvgIpc) is 3.14. The van der Waals surface area contributed by atoms with Gasteiger partial charge in [0.05, 0.1) is 0 Å². The highest BCUT2D eigenvalue weighted by atomic mass is 32.1. The maximum absolute atomic E-state index is 13.5. The normalized spacial score (nSPS) is 16.0. The predicted molar refractivity (Wildman–Crippen MR) is 110 cm³/mol. The summed E-state index contributed by atoms with van der Waals surface area (Å²) >= 11 is 1.17. The van der Waals surface area contributed by atoms with E-state index in [0.29, 0.717) is 15.3 Å². The zero-order valence-corrected chi connectivity index (χ0v) is 17.9. The van der Waals surface area contributed by atoms with E-state index in [1.54, 1.807) is 19.1 Å². The molecule has 1 aromatic heterocycles. The molecule has 2 aromatic rings. The number of hydrogen-bond donors (Lipinski definition) is 1. The van der Waals surface area contributed by atoms with Crippen molar-refractivity contribution in [1.82, 2.24) is 10.2 Å². The van der Waals surface area contributed by atoms with Crippen LogP contribution in [0.5, 0.6) is 0 Å². The van der Waals surface area contributed by atoms with Crippen LogP contribution in [0.2, 0.25) is 0 Å². The summed E-state index contributed by atoms with van der Waals surface area (Å²) in [4.78, 5) is 27.3. The van der Waals surface area contributed by atoms with Crippen molar-refractivity contribution in [2.75, 3.05) is 0 Å². The van der Waals surface area contributed by atoms with Crippen LogP contribution in [-0.2, 0) is 16.1 Å². The van der Waals surface area contributed by atoms with Crippen LogP contribution in [0, 0.1) is 12.7 Å². The smallest absolute Gasteiger partial charge is 0.351 e. The Bertz CT molecular complexity index is 905. The van der Waals surface area contributed by atoms with E-state index in [-0.39, 0.29) is 6.04 Å². The van der Waals surface area contributed by atoms with Crippen molar-refractivity contribution in [1.29, 1.82) is 0 Å². The van der Waals surface area contributed by atoms with Crippen molar-refractivity contribution in [2.45, 2.75) is 63.8 Å². The first-order chi connectivity index (χ1) is 14.6. The number of nitrogens with zero attached hydrogens (tertiary/aromatic N) is 1. The molecule has 9 heteroatoms. The number of carbonyl (C=O) groups is 2. The summed E-state index contributed by atoms with van der Waals surface area (Å²) in [5, 5.41) is 2.85. The summed E-state index contributed by atoms with van der Waals surface area (Å²) in [7, 11) is 0. The third kappa shape index (κ3) is 6.06. The van der Waals surface area contributed by atoms with Crippen LogP contribution < -0.4 is 5.32 Å². The van der Waals surface area contributed by atoms with Crippen molar-refractivity contribution in [2.24, 2.45) is 0 Å². The molecule has 4 nitrogen and oxygen atoms in total. The molecule has 1 unspecified atom stereocenters. The highest BCUT2D eigenvalue weighted by Crippen LogP contribution is 2.33. The number of hydrogen-bond acceptors (Lipinski definition) is 3. The fourth-order valence-electron chi connectivity index (χ4n) is 3.78. The van der Waals surface area contributed by atoms with E-state index >= 15 is 0 Å². The van der Waals surface area contributed by atoms with Gasteiger partial charge in [-0.1, -0.05) is 31.4 Å². The Labute approximate surface area is 182 Å². The first-order valence-corrected chi connectivity index (χ1v) is 11.0. The number of benzene rings is 1. The first kappa shape index (κ1) is 23.2. The number of aryl methyl sites for hydroxylation is 1. The van der Waals surface area contributed by atoms with Crippen LogP contribution in [0.3, 0.4) is 0 Å². The van der Waals surface area contributed by atoms with Gasteiger partial charge < -0.3 is 10.2 Å². The van der Waals surface area contributed by atoms with Gasteiger partial charge in [-0.15, -0.1) is 11.3 Å². The summed E-state index contributed by atoms with van der Waals surface area (Å²) in [6, 6.07) is 6.55. The zero-order chi connectivity index (χ0) is 22.6. The molecule has 0 saturated heterocycles. The molecule has 1 aromatic carbocycles. The van der Waals surface area contributed by atoms with Crippen LogP contribution in [0.25, 0.3) is 0 Å². The van der Waals surface area contributed by atoms with E-state index in [1.165, 1.54) is 23.5 Å². The van der Waals surface area contributed by atoms with Crippen molar-refractivity contribution >= 4 is 23.2 Å². The van der Waals surface area contributed by atoms with Gasteiger partial charge in [0.2, 0.25) is 5.91 Å². The molecule has 31 heavy (non-hydrogen) atoms. The van der Waals surface area contributed by atoms with Crippen molar-refractivity contribution in [3.63, 3.8) is 0 Å². The summed E-state index contributed by atoms with van der Waals surface area (Å²) in [5.74, 6) is -3.28. The largest absolute Gasteiger partial charge is 0.471 e. The molecule has 0 aliphatic heterocycles. The molecule has 1 aliphatic rings. The topological polar surface area (TPSA) is 49.4 Å². The van der Waals surface area contributed by atoms with Crippen molar-refractivity contribution in [3.8, 4) is 0 Å². The number of amides is 2. The minimum absolute atomic E-state index is 0.126. The van der Waals surface area contributed by atoms with Gasteiger partial charge in [0, 0.05) is 22.3 Å². The molecule has 0 bridgehead atoms. The van der Waals surface area contributed by atoms with E-state index in [0.717, 1.165) is 49.1 Å². The minimum atomic E-state index is -5.16. The van der Waals surface area contributed by atoms with Crippen LogP contribution in [0.1, 0.15) is 53.5 Å². The summed E-state index contributed by atoms with van der Waals surface area (Å²) in [6.07, 6.45) is -0.706. The lowest BCUT2D eigenvalue weighted by atomic mass is 9.95. The van der Waals surface area contributed by atoms with Crippen LogP contribution in [0.15, 0.2) is 36.4 Å². The molecule has 1 fully saturated rings. The number of alkyl halides is 3. The lowest BCUT2D eigenvalue weighted by Crippen LogP contribution is -2.49. The lowest BCUT2D eigenvalue weighted by molar-refractivity contribution is -0.189. The molecule has 0 spiro atoms. The maximum atomic E-state index is 13.5. The number of carbonyl (C=O) groups excluding carboxylic acids is 2. The van der Waals surface area contributed by atoms with Gasteiger partial charge in [0.25, 0.3) is 0 Å². The fourth-order valence-corrected chi connectivity index (χ4v) is 4.77. The van der Waals surface area contributed by atoms with Gasteiger partial charge in [0.15, 0.2) is 0 Å². The Kier molecular flexibility index (Phi) is 7.35. The fraction of sp³-hybridized carbons (Fsp3) is 0.455. The summed E-state index contributed by atoms with van der Waals surface area (Å²) in [6.45, 7) is 1.30. The van der Waals surface area contributed by atoms with E-state index in [2.05, 4.69) is 5.32 Å².